The lowest BCUT2D eigenvalue weighted by Crippen LogP contribution is -2.02. The summed E-state index contributed by atoms with van der Waals surface area (Å²) in [4.78, 5) is 12.7. The maximum atomic E-state index is 5.57. The van der Waals surface area contributed by atoms with Gasteiger partial charge in [0.15, 0.2) is 0 Å². The molecule has 0 unspecified atom stereocenters. The van der Waals surface area contributed by atoms with Crippen molar-refractivity contribution in [2.75, 3.05) is 6.54 Å². The predicted octanol–water partition coefficient (Wildman–Crippen LogP) is 2.00. The van der Waals surface area contributed by atoms with Crippen molar-refractivity contribution in [2.24, 2.45) is 5.73 Å². The fourth-order valence-electron chi connectivity index (χ4n) is 1.97. The average Bonchev–Trinajstić information content (AvgIpc) is 2.98. The number of aryl methyl sites for hydroxylation is 1. The molecule has 0 atom stereocenters. The third-order valence-corrected chi connectivity index (χ3v) is 3.01. The van der Waals surface area contributed by atoms with Gasteiger partial charge in [0, 0.05) is 18.0 Å². The van der Waals surface area contributed by atoms with Gasteiger partial charge in [0.05, 0.1) is 0 Å². The molecule has 0 fully saturated rings. The van der Waals surface area contributed by atoms with Crippen LogP contribution in [-0.2, 0) is 6.42 Å². The third kappa shape index (κ3) is 2.95. The summed E-state index contributed by atoms with van der Waals surface area (Å²) in [5, 5.41) is 3.93. The number of hydrogen-bond acceptors (Lipinski definition) is 6. The van der Waals surface area contributed by atoms with Gasteiger partial charge in [-0.15, -0.1) is 0 Å². The maximum absolute atomic E-state index is 5.57. The molecule has 2 N–H and O–H groups in total. The molecule has 6 nitrogen and oxygen atoms in total. The minimum atomic E-state index is 0.384. The van der Waals surface area contributed by atoms with E-state index in [1.165, 1.54) is 0 Å². The topological polar surface area (TPSA) is 90.7 Å². The minimum absolute atomic E-state index is 0.384. The van der Waals surface area contributed by atoms with Crippen molar-refractivity contribution in [3.05, 3.63) is 47.8 Å². The largest absolute Gasteiger partial charge is 0.333 e. The standard InChI is InChI=1S/C15H15N5O/c1-10-8-17-13(18-9-10)14-19-15(21-20-14)12-4-2-3-11(7-12)5-6-16/h2-4,7-9H,5-6,16H2,1H3. The number of nitrogens with zero attached hydrogens (tertiary/aromatic N) is 4. The maximum Gasteiger partial charge on any atom is 0.258 e. The van der Waals surface area contributed by atoms with Gasteiger partial charge in [-0.1, -0.05) is 17.3 Å². The van der Waals surface area contributed by atoms with Crippen molar-refractivity contribution in [3.8, 4) is 23.1 Å². The Morgan fingerprint density at radius 1 is 1.14 bits per heavy atom. The molecule has 0 spiro atoms. The Morgan fingerprint density at radius 2 is 1.95 bits per heavy atom. The molecule has 3 aromatic rings. The fourth-order valence-corrected chi connectivity index (χ4v) is 1.97. The first-order valence-corrected chi connectivity index (χ1v) is 6.68. The van der Waals surface area contributed by atoms with Crippen LogP contribution in [0.25, 0.3) is 23.1 Å². The highest BCUT2D eigenvalue weighted by molar-refractivity contribution is 5.56. The highest BCUT2D eigenvalue weighted by atomic mass is 16.5. The highest BCUT2D eigenvalue weighted by Gasteiger charge is 2.12. The van der Waals surface area contributed by atoms with Crippen molar-refractivity contribution >= 4 is 0 Å². The Kier molecular flexibility index (Phi) is 3.70. The van der Waals surface area contributed by atoms with Gasteiger partial charge in [-0.05, 0) is 43.1 Å². The van der Waals surface area contributed by atoms with Crippen LogP contribution in [0.1, 0.15) is 11.1 Å². The van der Waals surface area contributed by atoms with Crippen LogP contribution in [0, 0.1) is 6.92 Å². The molecular weight excluding hydrogens is 266 g/mol. The van der Waals surface area contributed by atoms with Crippen molar-refractivity contribution in [3.63, 3.8) is 0 Å². The number of hydrogen-bond donors (Lipinski definition) is 1. The van der Waals surface area contributed by atoms with E-state index in [1.54, 1.807) is 12.4 Å². The number of nitrogens with two attached hydrogens (primary N) is 1. The van der Waals surface area contributed by atoms with Crippen LogP contribution in [0.5, 0.6) is 0 Å². The number of rotatable bonds is 4. The Balaban J connectivity index is 1.91. The molecule has 0 bridgehead atoms. The lowest BCUT2D eigenvalue weighted by atomic mass is 10.1. The predicted molar refractivity (Wildman–Crippen MR) is 78.3 cm³/mol. The first kappa shape index (κ1) is 13.4. The van der Waals surface area contributed by atoms with Crippen LogP contribution >= 0.6 is 0 Å². The molecule has 1 aromatic carbocycles. The Bertz CT molecular complexity index is 736. The van der Waals surface area contributed by atoms with Crippen LogP contribution in [0.15, 0.2) is 41.2 Å². The van der Waals surface area contributed by atoms with Crippen LogP contribution in [0.4, 0.5) is 0 Å². The van der Waals surface area contributed by atoms with E-state index in [1.807, 2.05) is 31.2 Å². The molecule has 2 aromatic heterocycles. The normalized spacial score (nSPS) is 10.8. The quantitative estimate of drug-likeness (QED) is 0.786. The van der Waals surface area contributed by atoms with E-state index >= 15 is 0 Å². The van der Waals surface area contributed by atoms with Gasteiger partial charge in [-0.3, -0.25) is 0 Å². The summed E-state index contributed by atoms with van der Waals surface area (Å²) < 4.78 is 5.30. The van der Waals surface area contributed by atoms with Crippen molar-refractivity contribution in [2.45, 2.75) is 13.3 Å². The molecule has 3 rings (SSSR count). The van der Waals surface area contributed by atoms with E-state index in [0.29, 0.717) is 24.1 Å². The Morgan fingerprint density at radius 3 is 2.71 bits per heavy atom. The van der Waals surface area contributed by atoms with Gasteiger partial charge in [-0.2, -0.15) is 4.98 Å². The molecule has 0 aliphatic carbocycles. The van der Waals surface area contributed by atoms with E-state index in [-0.39, 0.29) is 0 Å². The lowest BCUT2D eigenvalue weighted by Gasteiger charge is -1.99. The highest BCUT2D eigenvalue weighted by Crippen LogP contribution is 2.21. The van der Waals surface area contributed by atoms with Gasteiger partial charge in [0.25, 0.3) is 5.89 Å². The zero-order chi connectivity index (χ0) is 14.7. The molecular formula is C15H15N5O. The molecule has 106 valence electrons. The summed E-state index contributed by atoms with van der Waals surface area (Å²) in [6, 6.07) is 7.90. The molecule has 0 radical (unpaired) electrons. The van der Waals surface area contributed by atoms with E-state index < -0.39 is 0 Å². The zero-order valence-electron chi connectivity index (χ0n) is 11.7. The Labute approximate surface area is 122 Å². The van der Waals surface area contributed by atoms with Gasteiger partial charge < -0.3 is 10.3 Å². The van der Waals surface area contributed by atoms with Crippen LogP contribution in [0.3, 0.4) is 0 Å². The van der Waals surface area contributed by atoms with Crippen molar-refractivity contribution in [1.29, 1.82) is 0 Å². The van der Waals surface area contributed by atoms with Gasteiger partial charge in [-0.25, -0.2) is 9.97 Å². The number of benzene rings is 1. The summed E-state index contributed by atoms with van der Waals surface area (Å²) in [7, 11) is 0. The lowest BCUT2D eigenvalue weighted by molar-refractivity contribution is 0.432. The summed E-state index contributed by atoms with van der Waals surface area (Å²) in [6.45, 7) is 2.53. The Hall–Kier alpha value is -2.60. The molecule has 0 saturated carbocycles. The van der Waals surface area contributed by atoms with Crippen LogP contribution in [0.2, 0.25) is 0 Å². The molecule has 6 heteroatoms. The second kappa shape index (κ2) is 5.80. The second-order valence-corrected chi connectivity index (χ2v) is 4.75. The summed E-state index contributed by atoms with van der Waals surface area (Å²) in [5.41, 5.74) is 8.56. The third-order valence-electron chi connectivity index (χ3n) is 3.01. The molecule has 0 aliphatic heterocycles. The summed E-state index contributed by atoms with van der Waals surface area (Å²) in [6.07, 6.45) is 4.26. The van der Waals surface area contributed by atoms with Gasteiger partial charge >= 0.3 is 0 Å². The fraction of sp³-hybridized carbons (Fsp3) is 0.200. The van der Waals surface area contributed by atoms with Crippen LogP contribution in [-0.4, -0.2) is 26.7 Å². The minimum Gasteiger partial charge on any atom is -0.333 e. The van der Waals surface area contributed by atoms with Gasteiger partial charge in [0.2, 0.25) is 11.6 Å². The molecule has 0 aliphatic rings. The second-order valence-electron chi connectivity index (χ2n) is 4.75. The monoisotopic (exact) mass is 281 g/mol. The summed E-state index contributed by atoms with van der Waals surface area (Å²) >= 11 is 0. The number of aromatic nitrogens is 4. The van der Waals surface area contributed by atoms with Crippen molar-refractivity contribution < 1.29 is 4.52 Å². The van der Waals surface area contributed by atoms with E-state index in [0.717, 1.165) is 23.1 Å². The van der Waals surface area contributed by atoms with Crippen molar-refractivity contribution in [1.82, 2.24) is 20.1 Å². The SMILES string of the molecule is Cc1cnc(-c2noc(-c3cccc(CCN)c3)n2)nc1. The molecule has 0 saturated heterocycles. The van der Waals surface area contributed by atoms with E-state index in [4.69, 9.17) is 10.3 Å². The average molecular weight is 281 g/mol. The smallest absolute Gasteiger partial charge is 0.258 e. The molecule has 0 amide bonds. The molecule has 2 heterocycles. The van der Waals surface area contributed by atoms with E-state index in [2.05, 4.69) is 20.1 Å². The molecule has 21 heavy (non-hydrogen) atoms. The first-order valence-electron chi connectivity index (χ1n) is 6.68. The zero-order valence-corrected chi connectivity index (χ0v) is 11.7. The van der Waals surface area contributed by atoms with E-state index in [9.17, 15) is 0 Å². The summed E-state index contributed by atoms with van der Waals surface area (Å²) in [5.74, 6) is 1.29. The first-order chi connectivity index (χ1) is 10.3. The van der Waals surface area contributed by atoms with Gasteiger partial charge in [0.1, 0.15) is 0 Å². The van der Waals surface area contributed by atoms with Crippen LogP contribution < -0.4 is 5.73 Å².